The Morgan fingerprint density at radius 3 is 2.50 bits per heavy atom. The Morgan fingerprint density at radius 1 is 0.900 bits per heavy atom. The Morgan fingerprint density at radius 2 is 1.70 bits per heavy atom. The van der Waals surface area contributed by atoms with Crippen molar-refractivity contribution >= 4 is 57.8 Å². The first-order chi connectivity index (χ1) is 29.2. The van der Waals surface area contributed by atoms with Gasteiger partial charge in [0.05, 0.1) is 45.4 Å². The van der Waals surface area contributed by atoms with Crippen LogP contribution in [0.15, 0.2) is 54.9 Å². The number of aromatic nitrogens is 5. The van der Waals surface area contributed by atoms with Gasteiger partial charge in [-0.15, -0.1) is 10.2 Å². The van der Waals surface area contributed by atoms with Gasteiger partial charge in [0.25, 0.3) is 11.8 Å². The number of piperidine rings is 1. The molecular formula is C43H45N11O5S. The number of amides is 5. The number of nitrogens with zero attached hydrogens (tertiary/aromatic N) is 7. The maximum atomic E-state index is 13.1. The lowest BCUT2D eigenvalue weighted by Gasteiger charge is -2.27. The van der Waals surface area contributed by atoms with Crippen molar-refractivity contribution in [1.29, 1.82) is 5.26 Å². The fraction of sp³-hybridized carbons (Fsp3) is 0.395. The summed E-state index contributed by atoms with van der Waals surface area (Å²) in [5.74, 6) is -1.66. The number of carbonyl (C=O) groups is 5. The van der Waals surface area contributed by atoms with Crippen LogP contribution in [0.4, 0.5) is 11.4 Å². The quantitative estimate of drug-likeness (QED) is 0.0725. The van der Waals surface area contributed by atoms with Crippen LogP contribution in [0.3, 0.4) is 0 Å². The number of benzene rings is 1. The third kappa shape index (κ3) is 8.46. The van der Waals surface area contributed by atoms with Crippen LogP contribution in [0.2, 0.25) is 0 Å². The van der Waals surface area contributed by atoms with E-state index >= 15 is 0 Å². The number of anilines is 2. The molecule has 1 unspecified atom stereocenters. The molecule has 17 heteroatoms. The third-order valence-corrected chi connectivity index (χ3v) is 12.6. The average molecular weight is 828 g/mol. The van der Waals surface area contributed by atoms with Crippen molar-refractivity contribution < 1.29 is 24.0 Å². The van der Waals surface area contributed by atoms with Gasteiger partial charge in [-0.25, -0.2) is 4.52 Å². The molecule has 4 aromatic heterocycles. The number of hydrogen-bond acceptors (Lipinski definition) is 13. The van der Waals surface area contributed by atoms with Crippen molar-refractivity contribution in [2.75, 3.05) is 24.2 Å². The molecule has 6 heterocycles. The molecule has 8 rings (SSSR count). The van der Waals surface area contributed by atoms with E-state index in [9.17, 15) is 29.2 Å². The van der Waals surface area contributed by atoms with Crippen molar-refractivity contribution in [3.63, 3.8) is 0 Å². The van der Waals surface area contributed by atoms with Gasteiger partial charge in [0, 0.05) is 56.0 Å². The fourth-order valence-corrected chi connectivity index (χ4v) is 9.31. The van der Waals surface area contributed by atoms with Crippen LogP contribution >= 0.6 is 11.3 Å². The van der Waals surface area contributed by atoms with E-state index < -0.39 is 29.7 Å². The standard InChI is InChI=1S/C43H45N11O5S/c1-45-33-21-34(35-15-13-29-19-25(22-44)23-48-54(29)35)47-24-32(33)41-52-51-40(60-41)26-8-10-27(11-9-26)49-37(55)7-5-3-2-4-6-18-46-28-12-14-30-31(20-28)43(59)53(42(30)58)36-16-17-38(56)50-39(36)57/h12-15,19-21,23-24,26-27,36,46H,2-11,16-18H2,1H3,(H,45,47)(H,49,55)(H,50,56,57). The predicted molar refractivity (Wildman–Crippen MR) is 224 cm³/mol. The van der Waals surface area contributed by atoms with Gasteiger partial charge in [0.2, 0.25) is 17.7 Å². The normalized spacial score (nSPS) is 18.9. The van der Waals surface area contributed by atoms with Gasteiger partial charge in [-0.3, -0.25) is 39.2 Å². The van der Waals surface area contributed by atoms with Gasteiger partial charge in [0.15, 0.2) is 5.01 Å². The van der Waals surface area contributed by atoms with Gasteiger partial charge in [0.1, 0.15) is 17.1 Å². The van der Waals surface area contributed by atoms with Crippen molar-refractivity contribution in [2.24, 2.45) is 0 Å². The second-order valence-electron chi connectivity index (χ2n) is 15.5. The van der Waals surface area contributed by atoms with E-state index in [1.807, 2.05) is 31.4 Å². The molecule has 60 heavy (non-hydrogen) atoms. The van der Waals surface area contributed by atoms with E-state index in [2.05, 4.69) is 42.6 Å². The van der Waals surface area contributed by atoms with Gasteiger partial charge < -0.3 is 16.0 Å². The summed E-state index contributed by atoms with van der Waals surface area (Å²) in [6.07, 6.45) is 12.4. The first-order valence-electron chi connectivity index (χ1n) is 20.5. The maximum absolute atomic E-state index is 13.1. The number of imide groups is 2. The van der Waals surface area contributed by atoms with E-state index in [1.165, 1.54) is 0 Å². The minimum atomic E-state index is -0.983. The second-order valence-corrected chi connectivity index (χ2v) is 16.5. The van der Waals surface area contributed by atoms with Gasteiger partial charge in [-0.1, -0.05) is 30.6 Å². The SMILES string of the molecule is CNc1cc(-c2ccc3cc(C#N)cnn23)ncc1-c1nnc(C2CCC(NC(=O)CCCCCCCNc3ccc4c(c3)C(=O)N(C3CCC(=O)NC3=O)C4=O)CC2)s1. The number of hydrogen-bond donors (Lipinski definition) is 4. The summed E-state index contributed by atoms with van der Waals surface area (Å²) in [6, 6.07) is 13.9. The zero-order valence-electron chi connectivity index (χ0n) is 33.2. The molecule has 1 aliphatic carbocycles. The highest BCUT2D eigenvalue weighted by Crippen LogP contribution is 2.39. The summed E-state index contributed by atoms with van der Waals surface area (Å²) in [7, 11) is 1.87. The number of pyridine rings is 1. The molecule has 2 aliphatic heterocycles. The summed E-state index contributed by atoms with van der Waals surface area (Å²) in [5.41, 5.74) is 5.88. The number of nitrogens with one attached hydrogen (secondary N) is 4. The van der Waals surface area contributed by atoms with Crippen molar-refractivity contribution in [3.8, 4) is 28.0 Å². The molecule has 4 N–H and O–H groups in total. The lowest BCUT2D eigenvalue weighted by atomic mass is 9.86. The zero-order valence-corrected chi connectivity index (χ0v) is 34.0. The Bertz CT molecular complexity index is 2520. The summed E-state index contributed by atoms with van der Waals surface area (Å²) in [6.45, 7) is 0.693. The number of unbranched alkanes of at least 4 members (excludes halogenated alkanes) is 4. The number of carbonyl (C=O) groups excluding carboxylic acids is 5. The fourth-order valence-electron chi connectivity index (χ4n) is 8.27. The highest BCUT2D eigenvalue weighted by atomic mass is 32.1. The van der Waals surface area contributed by atoms with E-state index in [1.54, 1.807) is 46.3 Å². The summed E-state index contributed by atoms with van der Waals surface area (Å²) >= 11 is 1.59. The van der Waals surface area contributed by atoms with Crippen LogP contribution < -0.4 is 21.3 Å². The van der Waals surface area contributed by atoms with E-state index in [4.69, 9.17) is 4.98 Å². The first kappa shape index (κ1) is 40.2. The smallest absolute Gasteiger partial charge is 0.262 e. The lowest BCUT2D eigenvalue weighted by Crippen LogP contribution is -2.54. The minimum Gasteiger partial charge on any atom is -0.387 e. The number of fused-ring (bicyclic) bond motifs is 2. The van der Waals surface area contributed by atoms with E-state index in [0.29, 0.717) is 24.4 Å². The van der Waals surface area contributed by atoms with Gasteiger partial charge in [-0.2, -0.15) is 10.4 Å². The maximum Gasteiger partial charge on any atom is 0.262 e. The topological polar surface area (TPSA) is 216 Å². The Kier molecular flexibility index (Phi) is 11.9. The van der Waals surface area contributed by atoms with Crippen molar-refractivity contribution in [1.82, 2.24) is 40.3 Å². The molecule has 3 aliphatic rings. The van der Waals surface area contributed by atoms with Gasteiger partial charge >= 0.3 is 0 Å². The minimum absolute atomic E-state index is 0.0812. The molecule has 5 aromatic rings. The van der Waals surface area contributed by atoms with E-state index in [0.717, 1.165) is 107 Å². The second kappa shape index (κ2) is 17.8. The van der Waals surface area contributed by atoms with Crippen LogP contribution in [0.5, 0.6) is 0 Å². The van der Waals surface area contributed by atoms with Crippen LogP contribution in [-0.2, 0) is 14.4 Å². The number of nitriles is 1. The molecular weight excluding hydrogens is 783 g/mol. The molecule has 0 spiro atoms. The van der Waals surface area contributed by atoms with Crippen LogP contribution in [0.25, 0.3) is 27.5 Å². The molecule has 1 saturated carbocycles. The summed E-state index contributed by atoms with van der Waals surface area (Å²) in [4.78, 5) is 68.3. The molecule has 0 radical (unpaired) electrons. The average Bonchev–Trinajstić information content (AvgIpc) is 3.98. The molecule has 2 fully saturated rings. The molecule has 1 saturated heterocycles. The summed E-state index contributed by atoms with van der Waals surface area (Å²) < 4.78 is 1.77. The van der Waals surface area contributed by atoms with E-state index in [-0.39, 0.29) is 35.9 Å². The van der Waals surface area contributed by atoms with Crippen molar-refractivity contribution in [2.45, 2.75) is 95.1 Å². The van der Waals surface area contributed by atoms with Crippen molar-refractivity contribution in [3.05, 3.63) is 76.6 Å². The molecule has 1 aromatic carbocycles. The first-order valence-corrected chi connectivity index (χ1v) is 21.3. The van der Waals surface area contributed by atoms with Crippen LogP contribution in [0.1, 0.15) is 114 Å². The zero-order chi connectivity index (χ0) is 41.8. The van der Waals surface area contributed by atoms with Gasteiger partial charge in [-0.05, 0) is 87.4 Å². The monoisotopic (exact) mass is 827 g/mol. The highest BCUT2D eigenvalue weighted by molar-refractivity contribution is 7.14. The highest BCUT2D eigenvalue weighted by Gasteiger charge is 2.44. The molecule has 16 nitrogen and oxygen atoms in total. The largest absolute Gasteiger partial charge is 0.387 e. The Hall–Kier alpha value is -6.54. The molecule has 5 amide bonds. The number of rotatable bonds is 15. The molecule has 308 valence electrons. The van der Waals surface area contributed by atoms with Crippen LogP contribution in [-0.4, -0.2) is 84.9 Å². The Balaban J connectivity index is 0.724. The molecule has 1 atom stereocenters. The lowest BCUT2D eigenvalue weighted by molar-refractivity contribution is -0.136. The Labute approximate surface area is 350 Å². The third-order valence-electron chi connectivity index (χ3n) is 11.5. The predicted octanol–water partition coefficient (Wildman–Crippen LogP) is 5.82. The van der Waals surface area contributed by atoms with Crippen LogP contribution in [0, 0.1) is 11.3 Å². The summed E-state index contributed by atoms with van der Waals surface area (Å²) in [5, 5.41) is 36.6. The molecule has 0 bridgehead atoms.